The minimum Gasteiger partial charge on any atom is -0.453 e. The number of aliphatic hydroxyl groups is 5. The van der Waals surface area contributed by atoms with Gasteiger partial charge < -0.3 is 49.2 Å². The van der Waals surface area contributed by atoms with Crippen LogP contribution in [0.3, 0.4) is 0 Å². The third kappa shape index (κ3) is 6.14. The Morgan fingerprint density at radius 3 is 1.89 bits per heavy atom. The standard InChI is InChI=1S/C25H28O12/c26-11-15-17(27)19(29)21(25(35-15)37-23(32)14-9-5-2-6-10-14)36-24-20(30)18(28)16(12-33-24)34-22(31)13-7-3-1-4-8-13/h1-10,15-21,24-30H,11-12H2. The van der Waals surface area contributed by atoms with Crippen LogP contribution in [0.5, 0.6) is 0 Å². The lowest BCUT2D eigenvalue weighted by molar-refractivity contribution is -0.348. The summed E-state index contributed by atoms with van der Waals surface area (Å²) in [5.74, 6) is -1.57. The third-order valence-electron chi connectivity index (χ3n) is 6.05. The van der Waals surface area contributed by atoms with Crippen LogP contribution in [-0.4, -0.2) is 106 Å². The van der Waals surface area contributed by atoms with Crippen LogP contribution in [-0.2, 0) is 23.7 Å². The molecule has 2 aromatic rings. The Morgan fingerprint density at radius 2 is 1.32 bits per heavy atom. The molecule has 5 N–H and O–H groups in total. The highest BCUT2D eigenvalue weighted by Gasteiger charge is 2.50. The van der Waals surface area contributed by atoms with E-state index in [9.17, 15) is 35.1 Å². The van der Waals surface area contributed by atoms with Crippen molar-refractivity contribution in [3.63, 3.8) is 0 Å². The minimum atomic E-state index is -1.76. The van der Waals surface area contributed by atoms with E-state index in [2.05, 4.69) is 0 Å². The molecular formula is C25H28O12. The van der Waals surface area contributed by atoms with Gasteiger partial charge in [-0.25, -0.2) is 9.59 Å². The first-order chi connectivity index (χ1) is 17.8. The van der Waals surface area contributed by atoms with Crippen LogP contribution < -0.4 is 0 Å². The normalized spacial score (nSPS) is 33.9. The summed E-state index contributed by atoms with van der Waals surface area (Å²) in [6, 6.07) is 15.9. The fourth-order valence-corrected chi connectivity index (χ4v) is 3.97. The number of hydrogen-bond acceptors (Lipinski definition) is 12. The topological polar surface area (TPSA) is 181 Å². The van der Waals surface area contributed by atoms with E-state index < -0.39 is 73.9 Å². The Balaban J connectivity index is 1.44. The molecule has 0 bridgehead atoms. The average molecular weight is 520 g/mol. The number of aliphatic hydroxyl groups excluding tert-OH is 5. The number of ether oxygens (including phenoxy) is 5. The molecular weight excluding hydrogens is 492 g/mol. The van der Waals surface area contributed by atoms with E-state index in [0.29, 0.717) is 0 Å². The summed E-state index contributed by atoms with van der Waals surface area (Å²) in [5.41, 5.74) is 0.402. The monoisotopic (exact) mass is 520 g/mol. The second-order valence-electron chi connectivity index (χ2n) is 8.57. The Bertz CT molecular complexity index is 1030. The first kappa shape index (κ1) is 27.1. The molecule has 200 valence electrons. The molecule has 9 unspecified atom stereocenters. The van der Waals surface area contributed by atoms with Crippen LogP contribution in [0.2, 0.25) is 0 Å². The molecule has 0 aliphatic carbocycles. The fraction of sp³-hybridized carbons (Fsp3) is 0.440. The van der Waals surface area contributed by atoms with E-state index in [4.69, 9.17) is 23.7 Å². The lowest BCUT2D eigenvalue weighted by Gasteiger charge is -2.44. The van der Waals surface area contributed by atoms with Gasteiger partial charge in [-0.3, -0.25) is 0 Å². The molecule has 2 fully saturated rings. The maximum Gasteiger partial charge on any atom is 0.340 e. The van der Waals surface area contributed by atoms with E-state index >= 15 is 0 Å². The second kappa shape index (κ2) is 12.1. The molecule has 2 aromatic carbocycles. The summed E-state index contributed by atoms with van der Waals surface area (Å²) >= 11 is 0. The van der Waals surface area contributed by atoms with Crippen LogP contribution in [0.1, 0.15) is 20.7 Å². The summed E-state index contributed by atoms with van der Waals surface area (Å²) in [4.78, 5) is 24.9. The fourth-order valence-electron chi connectivity index (χ4n) is 3.97. The number of esters is 2. The van der Waals surface area contributed by atoms with Crippen molar-refractivity contribution in [1.29, 1.82) is 0 Å². The smallest absolute Gasteiger partial charge is 0.340 e. The Hall–Kier alpha value is -2.94. The Kier molecular flexibility index (Phi) is 8.84. The molecule has 2 heterocycles. The van der Waals surface area contributed by atoms with Crippen molar-refractivity contribution in [3.05, 3.63) is 71.8 Å². The molecule has 4 rings (SSSR count). The molecule has 37 heavy (non-hydrogen) atoms. The van der Waals surface area contributed by atoms with E-state index in [1.165, 1.54) is 24.3 Å². The first-order valence-electron chi connectivity index (χ1n) is 11.6. The molecule has 12 heteroatoms. The molecule has 0 aromatic heterocycles. The van der Waals surface area contributed by atoms with Crippen LogP contribution in [0.4, 0.5) is 0 Å². The highest BCUT2D eigenvalue weighted by Crippen LogP contribution is 2.29. The van der Waals surface area contributed by atoms with E-state index in [0.717, 1.165) is 0 Å². The van der Waals surface area contributed by atoms with Crippen molar-refractivity contribution in [3.8, 4) is 0 Å². The van der Waals surface area contributed by atoms with Crippen LogP contribution >= 0.6 is 0 Å². The Morgan fingerprint density at radius 1 is 0.757 bits per heavy atom. The summed E-state index contributed by atoms with van der Waals surface area (Å²) in [6.45, 7) is -1.07. The zero-order chi connectivity index (χ0) is 26.5. The molecule has 12 nitrogen and oxygen atoms in total. The summed E-state index contributed by atoms with van der Waals surface area (Å²) in [6.07, 6.45) is -14.1. The number of carbonyl (C=O) groups is 2. The molecule has 0 amide bonds. The molecule has 0 radical (unpaired) electrons. The largest absolute Gasteiger partial charge is 0.453 e. The van der Waals surface area contributed by atoms with Gasteiger partial charge in [0.15, 0.2) is 18.5 Å². The number of carbonyl (C=O) groups excluding carboxylic acids is 2. The van der Waals surface area contributed by atoms with Crippen molar-refractivity contribution >= 4 is 11.9 Å². The van der Waals surface area contributed by atoms with Gasteiger partial charge in [0, 0.05) is 0 Å². The van der Waals surface area contributed by atoms with Gasteiger partial charge in [-0.05, 0) is 24.3 Å². The highest BCUT2D eigenvalue weighted by molar-refractivity contribution is 5.89. The van der Waals surface area contributed by atoms with Crippen molar-refractivity contribution in [2.75, 3.05) is 13.2 Å². The highest BCUT2D eigenvalue weighted by atomic mass is 16.8. The summed E-state index contributed by atoms with van der Waals surface area (Å²) in [7, 11) is 0. The van der Waals surface area contributed by atoms with Crippen LogP contribution in [0.25, 0.3) is 0 Å². The summed E-state index contributed by atoms with van der Waals surface area (Å²) in [5, 5.41) is 51.6. The number of rotatable bonds is 7. The first-order valence-corrected chi connectivity index (χ1v) is 11.6. The van der Waals surface area contributed by atoms with E-state index in [1.807, 2.05) is 0 Å². The number of benzene rings is 2. The second-order valence-corrected chi connectivity index (χ2v) is 8.57. The van der Waals surface area contributed by atoms with Crippen molar-refractivity contribution in [2.24, 2.45) is 0 Å². The van der Waals surface area contributed by atoms with Gasteiger partial charge in [0.1, 0.15) is 30.5 Å². The average Bonchev–Trinajstić information content (AvgIpc) is 2.92. The molecule has 9 atom stereocenters. The molecule has 2 saturated heterocycles. The lowest BCUT2D eigenvalue weighted by Crippen LogP contribution is -2.63. The van der Waals surface area contributed by atoms with Crippen molar-refractivity contribution in [2.45, 2.75) is 55.3 Å². The predicted molar refractivity (Wildman–Crippen MR) is 122 cm³/mol. The molecule has 0 saturated carbocycles. The van der Waals surface area contributed by atoms with E-state index in [1.54, 1.807) is 36.4 Å². The maximum atomic E-state index is 12.6. The van der Waals surface area contributed by atoms with Crippen LogP contribution in [0.15, 0.2) is 60.7 Å². The van der Waals surface area contributed by atoms with E-state index in [-0.39, 0.29) is 17.7 Å². The molecule has 2 aliphatic rings. The zero-order valence-corrected chi connectivity index (χ0v) is 19.5. The van der Waals surface area contributed by atoms with Gasteiger partial charge in [0.25, 0.3) is 0 Å². The zero-order valence-electron chi connectivity index (χ0n) is 19.5. The van der Waals surface area contributed by atoms with Gasteiger partial charge in [0.2, 0.25) is 6.29 Å². The van der Waals surface area contributed by atoms with Crippen molar-refractivity contribution in [1.82, 2.24) is 0 Å². The third-order valence-corrected chi connectivity index (χ3v) is 6.05. The Labute approximate surface area is 211 Å². The van der Waals surface area contributed by atoms with Gasteiger partial charge in [0.05, 0.1) is 24.3 Å². The van der Waals surface area contributed by atoms with Gasteiger partial charge in [-0.1, -0.05) is 36.4 Å². The molecule has 2 aliphatic heterocycles. The maximum absolute atomic E-state index is 12.6. The lowest BCUT2D eigenvalue weighted by atomic mass is 9.98. The quantitative estimate of drug-likeness (QED) is 0.281. The predicted octanol–water partition coefficient (Wildman–Crippen LogP) is -1.03. The SMILES string of the molecule is O=C(OC1COC(OC2C(OC(=O)c3ccccc3)OC(CO)C(O)C2O)C(O)C1O)c1ccccc1. The van der Waals surface area contributed by atoms with Gasteiger partial charge in [-0.2, -0.15) is 0 Å². The van der Waals surface area contributed by atoms with Crippen LogP contribution in [0, 0.1) is 0 Å². The van der Waals surface area contributed by atoms with Crippen molar-refractivity contribution < 1.29 is 58.8 Å². The summed E-state index contributed by atoms with van der Waals surface area (Å²) < 4.78 is 27.1. The minimum absolute atomic E-state index is 0.165. The molecule has 0 spiro atoms. The van der Waals surface area contributed by atoms with Gasteiger partial charge in [-0.15, -0.1) is 0 Å². The van der Waals surface area contributed by atoms with Gasteiger partial charge >= 0.3 is 11.9 Å². The number of hydrogen-bond donors (Lipinski definition) is 5.